The molecule has 0 radical (unpaired) electrons. The van der Waals surface area contributed by atoms with Crippen molar-refractivity contribution in [2.75, 3.05) is 18.9 Å². The lowest BCUT2D eigenvalue weighted by Gasteiger charge is -2.09. The van der Waals surface area contributed by atoms with Gasteiger partial charge in [0.2, 0.25) is 0 Å². The van der Waals surface area contributed by atoms with Gasteiger partial charge in [-0.1, -0.05) is 0 Å². The van der Waals surface area contributed by atoms with Crippen LogP contribution in [0, 0.1) is 0 Å². The third-order valence-corrected chi connectivity index (χ3v) is 1.85. The second-order valence-corrected chi connectivity index (χ2v) is 2.78. The molecule has 1 unspecified atom stereocenters. The van der Waals surface area contributed by atoms with Crippen molar-refractivity contribution in [3.63, 3.8) is 0 Å². The Morgan fingerprint density at radius 3 is 2.92 bits per heavy atom. The van der Waals surface area contributed by atoms with E-state index in [9.17, 15) is 5.11 Å². The van der Waals surface area contributed by atoms with Crippen LogP contribution < -0.4 is 5.73 Å². The lowest BCUT2D eigenvalue weighted by molar-refractivity contribution is 0.0424. The normalized spacial score (nSPS) is 13.2. The van der Waals surface area contributed by atoms with Gasteiger partial charge in [0.25, 0.3) is 0 Å². The Kier molecular flexibility index (Phi) is 3.27. The Morgan fingerprint density at radius 1 is 1.77 bits per heavy atom. The van der Waals surface area contributed by atoms with Gasteiger partial charge in [0.15, 0.2) is 0 Å². The summed E-state index contributed by atoms with van der Waals surface area (Å²) in [5, 5.41) is 13.5. The van der Waals surface area contributed by atoms with Gasteiger partial charge in [0.05, 0.1) is 12.8 Å². The van der Waals surface area contributed by atoms with E-state index in [4.69, 9.17) is 10.5 Å². The number of rotatable bonds is 4. The highest BCUT2D eigenvalue weighted by molar-refractivity contribution is 5.39. The van der Waals surface area contributed by atoms with Crippen LogP contribution in [0.15, 0.2) is 6.20 Å². The third-order valence-electron chi connectivity index (χ3n) is 1.85. The van der Waals surface area contributed by atoms with E-state index in [1.807, 2.05) is 6.92 Å². The number of anilines is 1. The van der Waals surface area contributed by atoms with Gasteiger partial charge in [-0.3, -0.25) is 4.68 Å². The molecular weight excluding hydrogens is 170 g/mol. The number of aliphatic hydroxyl groups excluding tert-OH is 1. The van der Waals surface area contributed by atoms with Crippen LogP contribution in [0.1, 0.15) is 18.6 Å². The number of nitrogens with two attached hydrogens (primary N) is 1. The fourth-order valence-electron chi connectivity index (χ4n) is 1.04. The molecule has 0 aliphatic carbocycles. The smallest absolute Gasteiger partial charge is 0.127 e. The Morgan fingerprint density at radius 2 is 2.46 bits per heavy atom. The zero-order valence-corrected chi connectivity index (χ0v) is 7.90. The van der Waals surface area contributed by atoms with Gasteiger partial charge in [-0.2, -0.15) is 5.10 Å². The van der Waals surface area contributed by atoms with Gasteiger partial charge >= 0.3 is 0 Å². The summed E-state index contributed by atoms with van der Waals surface area (Å²) >= 11 is 0. The largest absolute Gasteiger partial charge is 0.386 e. The maximum absolute atomic E-state index is 9.59. The SMILES string of the molecule is CCOCC(O)c1cnn(C)c1N. The number of aliphatic hydroxyl groups is 1. The molecular formula is C8H15N3O2. The van der Waals surface area contributed by atoms with Crippen molar-refractivity contribution < 1.29 is 9.84 Å². The Balaban J connectivity index is 2.65. The number of hydrogen-bond donors (Lipinski definition) is 2. The predicted octanol–water partition coefficient (Wildman–Crippen LogP) is 0.0722. The lowest BCUT2D eigenvalue weighted by Crippen LogP contribution is -2.09. The van der Waals surface area contributed by atoms with E-state index in [2.05, 4.69) is 5.10 Å². The molecule has 1 heterocycles. The van der Waals surface area contributed by atoms with Crippen molar-refractivity contribution >= 4 is 5.82 Å². The molecule has 5 heteroatoms. The van der Waals surface area contributed by atoms with Crippen LogP contribution in [0.2, 0.25) is 0 Å². The fraction of sp³-hybridized carbons (Fsp3) is 0.625. The first-order valence-corrected chi connectivity index (χ1v) is 4.20. The maximum Gasteiger partial charge on any atom is 0.127 e. The number of nitrogen functional groups attached to an aromatic ring is 1. The summed E-state index contributed by atoms with van der Waals surface area (Å²) in [5.74, 6) is 0.479. The second kappa shape index (κ2) is 4.25. The molecule has 0 aliphatic rings. The summed E-state index contributed by atoms with van der Waals surface area (Å²) in [6, 6.07) is 0. The Bertz CT molecular complexity index is 272. The molecule has 1 atom stereocenters. The molecule has 0 saturated carbocycles. The average Bonchev–Trinajstić information content (AvgIpc) is 2.44. The van der Waals surface area contributed by atoms with Gasteiger partial charge in [-0.25, -0.2) is 0 Å². The van der Waals surface area contributed by atoms with Crippen LogP contribution in [-0.4, -0.2) is 28.1 Å². The molecule has 0 bridgehead atoms. The van der Waals surface area contributed by atoms with Gasteiger partial charge in [-0.15, -0.1) is 0 Å². The maximum atomic E-state index is 9.59. The predicted molar refractivity (Wildman–Crippen MR) is 49.1 cm³/mol. The molecule has 0 aliphatic heterocycles. The van der Waals surface area contributed by atoms with Crippen LogP contribution in [0.4, 0.5) is 5.82 Å². The molecule has 0 saturated heterocycles. The number of hydrogen-bond acceptors (Lipinski definition) is 4. The Hall–Kier alpha value is -1.07. The number of aryl methyl sites for hydroxylation is 1. The van der Waals surface area contributed by atoms with Crippen molar-refractivity contribution in [2.45, 2.75) is 13.0 Å². The molecule has 1 aromatic heterocycles. The molecule has 0 amide bonds. The first kappa shape index (κ1) is 10.0. The number of ether oxygens (including phenoxy) is 1. The molecule has 0 spiro atoms. The van der Waals surface area contributed by atoms with E-state index in [1.54, 1.807) is 13.2 Å². The van der Waals surface area contributed by atoms with E-state index in [0.717, 1.165) is 0 Å². The molecule has 0 aromatic carbocycles. The summed E-state index contributed by atoms with van der Waals surface area (Å²) in [7, 11) is 1.73. The first-order chi connectivity index (χ1) is 6.16. The summed E-state index contributed by atoms with van der Waals surface area (Å²) in [6.07, 6.45) is 0.868. The minimum absolute atomic E-state index is 0.256. The van der Waals surface area contributed by atoms with Crippen molar-refractivity contribution in [1.29, 1.82) is 0 Å². The summed E-state index contributed by atoms with van der Waals surface area (Å²) < 4.78 is 6.59. The first-order valence-electron chi connectivity index (χ1n) is 4.20. The minimum Gasteiger partial charge on any atom is -0.386 e. The van der Waals surface area contributed by atoms with Crippen LogP contribution >= 0.6 is 0 Å². The highest BCUT2D eigenvalue weighted by Gasteiger charge is 2.14. The van der Waals surface area contributed by atoms with Crippen LogP contribution in [0.3, 0.4) is 0 Å². The average molecular weight is 185 g/mol. The molecule has 13 heavy (non-hydrogen) atoms. The summed E-state index contributed by atoms with van der Waals surface area (Å²) in [6.45, 7) is 2.71. The zero-order valence-electron chi connectivity index (χ0n) is 7.90. The van der Waals surface area contributed by atoms with E-state index in [1.165, 1.54) is 4.68 Å². The van der Waals surface area contributed by atoms with Gasteiger partial charge in [-0.05, 0) is 6.92 Å². The molecule has 1 aromatic rings. The Labute approximate surface area is 77.1 Å². The van der Waals surface area contributed by atoms with Crippen LogP contribution in [0.25, 0.3) is 0 Å². The van der Waals surface area contributed by atoms with Crippen molar-refractivity contribution in [1.82, 2.24) is 9.78 Å². The molecule has 1 rings (SSSR count). The lowest BCUT2D eigenvalue weighted by atomic mass is 10.2. The molecule has 74 valence electrons. The molecule has 0 fully saturated rings. The quantitative estimate of drug-likeness (QED) is 0.696. The fourth-order valence-corrected chi connectivity index (χ4v) is 1.04. The third kappa shape index (κ3) is 2.19. The van der Waals surface area contributed by atoms with Crippen molar-refractivity contribution in [3.05, 3.63) is 11.8 Å². The topological polar surface area (TPSA) is 73.3 Å². The number of aromatic nitrogens is 2. The standard InChI is InChI=1S/C8H15N3O2/c1-3-13-5-7(12)6-4-10-11(2)8(6)9/h4,7,12H,3,5,9H2,1-2H3. The van der Waals surface area contributed by atoms with Crippen molar-refractivity contribution in [2.24, 2.45) is 7.05 Å². The zero-order chi connectivity index (χ0) is 9.84. The van der Waals surface area contributed by atoms with E-state index in [0.29, 0.717) is 18.0 Å². The van der Waals surface area contributed by atoms with Crippen LogP contribution in [0.5, 0.6) is 0 Å². The van der Waals surface area contributed by atoms with E-state index in [-0.39, 0.29) is 6.61 Å². The summed E-state index contributed by atoms with van der Waals surface area (Å²) in [4.78, 5) is 0. The minimum atomic E-state index is -0.686. The van der Waals surface area contributed by atoms with E-state index < -0.39 is 6.10 Å². The summed E-state index contributed by atoms with van der Waals surface area (Å²) in [5.41, 5.74) is 6.28. The van der Waals surface area contributed by atoms with Crippen LogP contribution in [-0.2, 0) is 11.8 Å². The van der Waals surface area contributed by atoms with Gasteiger partial charge in [0, 0.05) is 19.2 Å². The highest BCUT2D eigenvalue weighted by atomic mass is 16.5. The highest BCUT2D eigenvalue weighted by Crippen LogP contribution is 2.18. The van der Waals surface area contributed by atoms with E-state index >= 15 is 0 Å². The number of nitrogens with zero attached hydrogens (tertiary/aromatic N) is 2. The van der Waals surface area contributed by atoms with Crippen molar-refractivity contribution in [3.8, 4) is 0 Å². The molecule has 3 N–H and O–H groups in total. The van der Waals surface area contributed by atoms with Gasteiger partial charge in [0.1, 0.15) is 11.9 Å². The second-order valence-electron chi connectivity index (χ2n) is 2.78. The monoisotopic (exact) mass is 185 g/mol. The molecule has 5 nitrogen and oxygen atoms in total. The van der Waals surface area contributed by atoms with Gasteiger partial charge < -0.3 is 15.6 Å².